The quantitative estimate of drug-likeness (QED) is 0.0687. The molecule has 4 rings (SSSR count). The van der Waals surface area contributed by atoms with Gasteiger partial charge in [0, 0.05) is 64.2 Å². The Labute approximate surface area is 314 Å². The van der Waals surface area contributed by atoms with Gasteiger partial charge < -0.3 is 30.5 Å². The lowest BCUT2D eigenvalue weighted by atomic mass is 10.2. The number of carbonyl (C=O) groups is 1. The highest BCUT2D eigenvalue weighted by Gasteiger charge is 2.16. The van der Waals surface area contributed by atoms with Crippen molar-refractivity contribution < 1.29 is 9.53 Å². The number of halogens is 2. The van der Waals surface area contributed by atoms with Crippen LogP contribution in [-0.4, -0.2) is 90.4 Å². The topological polar surface area (TPSA) is 94.7 Å². The second-order valence-electron chi connectivity index (χ2n) is 14.1. The highest BCUT2D eigenvalue weighted by molar-refractivity contribution is 6.31. The van der Waals surface area contributed by atoms with Crippen LogP contribution in [0.25, 0.3) is 21.8 Å². The maximum Gasteiger partial charge on any atom is 0.407 e. The lowest BCUT2D eigenvalue weighted by molar-refractivity contribution is 0.0525. The number of nitrogens with one attached hydrogen (secondary N) is 3. The predicted molar refractivity (Wildman–Crippen MR) is 216 cm³/mol. The minimum Gasteiger partial charge on any atom is -0.444 e. The average molecular weight is 739 g/mol. The smallest absolute Gasteiger partial charge is 0.407 e. The first kappa shape index (κ1) is 40.4. The Hall–Kier alpha value is -3.37. The minimum absolute atomic E-state index is 0.356. The van der Waals surface area contributed by atoms with Gasteiger partial charge in [0.2, 0.25) is 0 Å². The van der Waals surface area contributed by atoms with Crippen molar-refractivity contribution in [3.8, 4) is 0 Å². The first-order chi connectivity index (χ1) is 24.6. The van der Waals surface area contributed by atoms with Gasteiger partial charge in [0.05, 0.1) is 11.0 Å². The van der Waals surface area contributed by atoms with E-state index >= 15 is 0 Å². The summed E-state index contributed by atoms with van der Waals surface area (Å²) >= 11 is 12.4. The molecular weight excluding hydrogens is 681 g/mol. The van der Waals surface area contributed by atoms with Gasteiger partial charge in [0.25, 0.3) is 0 Å². The summed E-state index contributed by atoms with van der Waals surface area (Å²) < 4.78 is 5.41. The Morgan fingerprint density at radius 2 is 1.12 bits per heavy atom. The molecule has 0 aliphatic heterocycles. The van der Waals surface area contributed by atoms with Crippen LogP contribution >= 0.6 is 23.2 Å². The fraction of sp³-hybridized carbons (Fsp3) is 0.525. The average Bonchev–Trinajstić information content (AvgIpc) is 3.09. The van der Waals surface area contributed by atoms with Crippen LogP contribution in [0.4, 0.5) is 16.2 Å². The van der Waals surface area contributed by atoms with E-state index in [1.54, 1.807) is 0 Å². The molecule has 4 aromatic rings. The maximum absolute atomic E-state index is 12.2. The summed E-state index contributed by atoms with van der Waals surface area (Å²) in [7, 11) is 0. The van der Waals surface area contributed by atoms with Crippen molar-refractivity contribution >= 4 is 62.5 Å². The summed E-state index contributed by atoms with van der Waals surface area (Å²) in [6, 6.07) is 15.8. The van der Waals surface area contributed by atoms with Gasteiger partial charge in [0.15, 0.2) is 0 Å². The third kappa shape index (κ3) is 14.6. The number of hydrogen-bond donors (Lipinski definition) is 3. The van der Waals surface area contributed by atoms with E-state index in [1.807, 2.05) is 81.7 Å². The van der Waals surface area contributed by atoms with Crippen molar-refractivity contribution in [2.75, 3.05) is 69.5 Å². The molecule has 2 aromatic heterocycles. The van der Waals surface area contributed by atoms with Gasteiger partial charge >= 0.3 is 6.09 Å². The molecule has 0 radical (unpaired) electrons. The minimum atomic E-state index is -0.499. The summed E-state index contributed by atoms with van der Waals surface area (Å²) in [5.74, 6) is 0. The fourth-order valence-corrected chi connectivity index (χ4v) is 6.47. The monoisotopic (exact) mass is 737 g/mol. The Bertz CT molecular complexity index is 1650. The number of nitrogens with zero attached hydrogens (tertiary/aromatic N) is 4. The SMILES string of the molecule is CCCCN(CCCCN(CCCNC(=O)OC(C)(C)C)CCCNc1ccnc2cc(Cl)ccc12)CCCNc1ccnc2cc(Cl)ccc12. The molecule has 278 valence electrons. The molecule has 3 N–H and O–H groups in total. The van der Waals surface area contributed by atoms with Crippen LogP contribution in [-0.2, 0) is 4.74 Å². The van der Waals surface area contributed by atoms with Gasteiger partial charge in [-0.2, -0.15) is 0 Å². The van der Waals surface area contributed by atoms with Gasteiger partial charge in [-0.3, -0.25) is 9.97 Å². The van der Waals surface area contributed by atoms with Crippen LogP contribution in [0.1, 0.15) is 72.6 Å². The van der Waals surface area contributed by atoms with Gasteiger partial charge in [-0.15, -0.1) is 0 Å². The van der Waals surface area contributed by atoms with Crippen LogP contribution in [0.3, 0.4) is 0 Å². The number of alkyl carbamates (subject to hydrolysis) is 1. The second-order valence-corrected chi connectivity index (χ2v) is 15.0. The predicted octanol–water partition coefficient (Wildman–Crippen LogP) is 9.49. The molecule has 0 saturated carbocycles. The van der Waals surface area contributed by atoms with Gasteiger partial charge in [-0.1, -0.05) is 36.5 Å². The highest BCUT2D eigenvalue weighted by atomic mass is 35.5. The van der Waals surface area contributed by atoms with Crippen molar-refractivity contribution in [3.63, 3.8) is 0 Å². The molecule has 0 fully saturated rings. The summed E-state index contributed by atoms with van der Waals surface area (Å²) in [6.07, 6.45) is 11.0. The van der Waals surface area contributed by atoms with Crippen molar-refractivity contribution in [3.05, 3.63) is 71.0 Å². The Morgan fingerprint density at radius 1 is 0.667 bits per heavy atom. The van der Waals surface area contributed by atoms with Crippen molar-refractivity contribution in [1.29, 1.82) is 0 Å². The molecule has 0 spiro atoms. The van der Waals surface area contributed by atoms with E-state index in [0.29, 0.717) is 16.6 Å². The number of rotatable bonds is 22. The van der Waals surface area contributed by atoms with Gasteiger partial charge in [0.1, 0.15) is 5.60 Å². The molecular formula is C40H57Cl2N7O2. The Morgan fingerprint density at radius 3 is 1.59 bits per heavy atom. The maximum atomic E-state index is 12.2. The molecule has 11 heteroatoms. The summed E-state index contributed by atoms with van der Waals surface area (Å²) in [4.78, 5) is 26.3. The highest BCUT2D eigenvalue weighted by Crippen LogP contribution is 2.25. The largest absolute Gasteiger partial charge is 0.444 e. The molecule has 9 nitrogen and oxygen atoms in total. The summed E-state index contributed by atoms with van der Waals surface area (Å²) in [5.41, 5.74) is 3.48. The molecule has 0 saturated heterocycles. The normalized spacial score (nSPS) is 11.8. The molecule has 0 unspecified atom stereocenters. The third-order valence-electron chi connectivity index (χ3n) is 8.69. The van der Waals surface area contributed by atoms with E-state index < -0.39 is 5.60 Å². The summed E-state index contributed by atoms with van der Waals surface area (Å²) in [6.45, 7) is 16.5. The summed E-state index contributed by atoms with van der Waals surface area (Å²) in [5, 5.41) is 13.7. The Kier molecular flexibility index (Phi) is 16.8. The van der Waals surface area contributed by atoms with Crippen LogP contribution in [0.2, 0.25) is 10.0 Å². The zero-order chi connectivity index (χ0) is 36.5. The first-order valence-electron chi connectivity index (χ1n) is 18.6. The number of fused-ring (bicyclic) bond motifs is 2. The van der Waals surface area contributed by atoms with E-state index in [2.05, 4.69) is 42.6 Å². The number of benzene rings is 2. The molecule has 0 atom stereocenters. The van der Waals surface area contributed by atoms with E-state index in [1.165, 1.54) is 12.8 Å². The third-order valence-corrected chi connectivity index (χ3v) is 9.16. The lowest BCUT2D eigenvalue weighted by Crippen LogP contribution is -2.35. The number of carbonyl (C=O) groups excluding carboxylic acids is 1. The molecule has 0 aliphatic carbocycles. The van der Waals surface area contributed by atoms with Crippen molar-refractivity contribution in [2.24, 2.45) is 0 Å². The van der Waals surface area contributed by atoms with Crippen LogP contribution in [0, 0.1) is 0 Å². The van der Waals surface area contributed by atoms with E-state index in [4.69, 9.17) is 27.9 Å². The first-order valence-corrected chi connectivity index (χ1v) is 19.3. The molecule has 0 aliphatic rings. The molecule has 2 heterocycles. The number of pyridine rings is 2. The van der Waals surface area contributed by atoms with Gasteiger partial charge in [-0.25, -0.2) is 4.79 Å². The van der Waals surface area contributed by atoms with Gasteiger partial charge in [-0.05, 0) is 147 Å². The number of amides is 1. The fourth-order valence-electron chi connectivity index (χ4n) is 6.13. The van der Waals surface area contributed by atoms with Crippen LogP contribution in [0.5, 0.6) is 0 Å². The number of unbranched alkanes of at least 4 members (excludes halogenated alkanes) is 2. The number of hydrogen-bond acceptors (Lipinski definition) is 8. The number of ether oxygens (including phenoxy) is 1. The lowest BCUT2D eigenvalue weighted by Gasteiger charge is -2.25. The van der Waals surface area contributed by atoms with E-state index in [9.17, 15) is 4.79 Å². The van der Waals surface area contributed by atoms with Crippen molar-refractivity contribution in [2.45, 2.75) is 78.2 Å². The number of aromatic nitrogens is 2. The van der Waals surface area contributed by atoms with Crippen LogP contribution in [0.15, 0.2) is 60.9 Å². The molecule has 51 heavy (non-hydrogen) atoms. The van der Waals surface area contributed by atoms with E-state index in [0.717, 1.165) is 118 Å². The standard InChI is InChI=1S/C40H57Cl2N7O2/c1-5-6-23-48(26-9-18-43-35-16-21-45-37-29-31(41)12-14-33(35)37)24-7-8-25-49(28-11-20-47-39(50)51-40(2,3)4)27-10-19-44-36-17-22-46-38-30-32(42)13-15-34(36)38/h12-17,21-22,29-30H,5-11,18-20,23-28H2,1-4H3,(H,43,45)(H,44,46)(H,47,50). The molecule has 1 amide bonds. The van der Waals surface area contributed by atoms with Crippen molar-refractivity contribution in [1.82, 2.24) is 25.1 Å². The van der Waals surface area contributed by atoms with E-state index in [-0.39, 0.29) is 6.09 Å². The zero-order valence-electron chi connectivity index (χ0n) is 30.9. The van der Waals surface area contributed by atoms with Crippen LogP contribution < -0.4 is 16.0 Å². The molecule has 2 aromatic carbocycles. The molecule has 0 bridgehead atoms. The zero-order valence-corrected chi connectivity index (χ0v) is 32.5. The second kappa shape index (κ2) is 21.2. The number of anilines is 2. The Balaban J connectivity index is 1.23.